The van der Waals surface area contributed by atoms with Gasteiger partial charge in [-0.25, -0.2) is 4.39 Å². The van der Waals surface area contributed by atoms with Gasteiger partial charge in [-0.2, -0.15) is 0 Å². The van der Waals surface area contributed by atoms with Crippen LogP contribution in [0.2, 0.25) is 0 Å². The second kappa shape index (κ2) is 2.45. The summed E-state index contributed by atoms with van der Waals surface area (Å²) in [5.41, 5.74) is 2.18. The summed E-state index contributed by atoms with van der Waals surface area (Å²) in [4.78, 5) is 0. The molecule has 0 atom stereocenters. The van der Waals surface area contributed by atoms with Crippen molar-refractivity contribution in [3.8, 4) is 0 Å². The van der Waals surface area contributed by atoms with E-state index in [0.717, 1.165) is 12.0 Å². The zero-order valence-electron chi connectivity index (χ0n) is 5.77. The Morgan fingerprint density at radius 1 is 1.36 bits per heavy atom. The minimum absolute atomic E-state index is 0.185. The lowest BCUT2D eigenvalue weighted by Crippen LogP contribution is -1.86. The number of halogens is 2. The van der Waals surface area contributed by atoms with Crippen molar-refractivity contribution in [3.05, 3.63) is 39.6 Å². The average Bonchev–Trinajstić information content (AvgIpc) is 2.45. The SMILES string of the molecule is Fc1ccc2c(c1Br)C=CC2. The Morgan fingerprint density at radius 3 is 3.00 bits per heavy atom. The van der Waals surface area contributed by atoms with Gasteiger partial charge in [0.15, 0.2) is 0 Å². The van der Waals surface area contributed by atoms with Crippen molar-refractivity contribution >= 4 is 22.0 Å². The van der Waals surface area contributed by atoms with Crippen LogP contribution >= 0.6 is 15.9 Å². The first-order valence-corrected chi connectivity index (χ1v) is 4.22. The summed E-state index contributed by atoms with van der Waals surface area (Å²) in [5, 5.41) is 0. The first kappa shape index (κ1) is 7.04. The largest absolute Gasteiger partial charge is 0.206 e. The molecule has 1 aliphatic rings. The van der Waals surface area contributed by atoms with Crippen molar-refractivity contribution in [2.45, 2.75) is 6.42 Å². The van der Waals surface area contributed by atoms with Crippen molar-refractivity contribution in [1.29, 1.82) is 0 Å². The minimum Gasteiger partial charge on any atom is -0.206 e. The molecule has 56 valence electrons. The summed E-state index contributed by atoms with van der Waals surface area (Å²) in [6.45, 7) is 0. The second-order valence-corrected chi connectivity index (χ2v) is 3.33. The maximum absolute atomic E-state index is 12.9. The summed E-state index contributed by atoms with van der Waals surface area (Å²) >= 11 is 3.20. The van der Waals surface area contributed by atoms with E-state index < -0.39 is 0 Å². The van der Waals surface area contributed by atoms with E-state index in [0.29, 0.717) is 4.47 Å². The topological polar surface area (TPSA) is 0 Å². The van der Waals surface area contributed by atoms with E-state index in [1.165, 1.54) is 11.6 Å². The van der Waals surface area contributed by atoms with E-state index in [-0.39, 0.29) is 5.82 Å². The van der Waals surface area contributed by atoms with Crippen molar-refractivity contribution in [2.75, 3.05) is 0 Å². The summed E-state index contributed by atoms with van der Waals surface area (Å²) in [6.07, 6.45) is 4.91. The third kappa shape index (κ3) is 1.02. The van der Waals surface area contributed by atoms with Crippen LogP contribution in [0.5, 0.6) is 0 Å². The summed E-state index contributed by atoms with van der Waals surface area (Å²) in [5.74, 6) is -0.185. The predicted octanol–water partition coefficient (Wildman–Crippen LogP) is 3.16. The van der Waals surface area contributed by atoms with E-state index >= 15 is 0 Å². The molecule has 0 spiro atoms. The van der Waals surface area contributed by atoms with Gasteiger partial charge in [-0.05, 0) is 39.5 Å². The molecule has 0 aromatic heterocycles. The third-order valence-corrected chi connectivity index (χ3v) is 2.65. The molecule has 0 N–H and O–H groups in total. The maximum Gasteiger partial charge on any atom is 0.138 e. The summed E-state index contributed by atoms with van der Waals surface area (Å²) < 4.78 is 13.5. The fraction of sp³-hybridized carbons (Fsp3) is 0.111. The number of allylic oxidation sites excluding steroid dienone is 1. The van der Waals surface area contributed by atoms with Gasteiger partial charge in [0.25, 0.3) is 0 Å². The van der Waals surface area contributed by atoms with E-state index in [1.54, 1.807) is 0 Å². The van der Waals surface area contributed by atoms with Gasteiger partial charge in [-0.15, -0.1) is 0 Å². The maximum atomic E-state index is 12.9. The molecule has 1 aromatic carbocycles. The molecule has 0 fully saturated rings. The number of hydrogen-bond acceptors (Lipinski definition) is 0. The zero-order valence-corrected chi connectivity index (χ0v) is 7.36. The Kier molecular flexibility index (Phi) is 1.57. The lowest BCUT2D eigenvalue weighted by atomic mass is 10.1. The molecule has 11 heavy (non-hydrogen) atoms. The Hall–Kier alpha value is -0.630. The summed E-state index contributed by atoms with van der Waals surface area (Å²) in [6, 6.07) is 3.32. The van der Waals surface area contributed by atoms with Gasteiger partial charge in [-0.1, -0.05) is 18.2 Å². The van der Waals surface area contributed by atoms with Crippen molar-refractivity contribution in [2.24, 2.45) is 0 Å². The van der Waals surface area contributed by atoms with Gasteiger partial charge in [0, 0.05) is 0 Å². The first-order chi connectivity index (χ1) is 5.29. The first-order valence-electron chi connectivity index (χ1n) is 3.42. The van der Waals surface area contributed by atoms with E-state index in [2.05, 4.69) is 15.9 Å². The number of fused-ring (bicyclic) bond motifs is 1. The fourth-order valence-electron chi connectivity index (χ4n) is 1.27. The minimum atomic E-state index is -0.185. The van der Waals surface area contributed by atoms with Crippen LogP contribution in [0.4, 0.5) is 4.39 Å². The predicted molar refractivity (Wildman–Crippen MR) is 46.8 cm³/mol. The molecule has 2 rings (SSSR count). The molecule has 0 saturated carbocycles. The van der Waals surface area contributed by atoms with Gasteiger partial charge in [0.05, 0.1) is 4.47 Å². The van der Waals surface area contributed by atoms with Crippen LogP contribution < -0.4 is 0 Å². The molecule has 0 saturated heterocycles. The molecule has 0 amide bonds. The standard InChI is InChI=1S/C9H6BrF/c10-9-7-3-1-2-6(7)4-5-8(9)11/h1,3-5H,2H2. The molecule has 0 heterocycles. The molecule has 0 radical (unpaired) electrons. The monoisotopic (exact) mass is 212 g/mol. The third-order valence-electron chi connectivity index (χ3n) is 1.85. The number of benzene rings is 1. The van der Waals surface area contributed by atoms with Crippen LogP contribution in [0.3, 0.4) is 0 Å². The van der Waals surface area contributed by atoms with Gasteiger partial charge in [0.2, 0.25) is 0 Å². The molecule has 2 heteroatoms. The quantitative estimate of drug-likeness (QED) is 0.620. The highest BCUT2D eigenvalue weighted by atomic mass is 79.9. The normalized spacial score (nSPS) is 13.6. The van der Waals surface area contributed by atoms with E-state index in [4.69, 9.17) is 0 Å². The fourth-order valence-corrected chi connectivity index (χ4v) is 1.79. The van der Waals surface area contributed by atoms with Crippen molar-refractivity contribution in [3.63, 3.8) is 0 Å². The van der Waals surface area contributed by atoms with Gasteiger partial charge >= 0.3 is 0 Å². The number of rotatable bonds is 0. The molecular formula is C9H6BrF. The van der Waals surface area contributed by atoms with Gasteiger partial charge in [-0.3, -0.25) is 0 Å². The summed E-state index contributed by atoms with van der Waals surface area (Å²) in [7, 11) is 0. The number of hydrogen-bond donors (Lipinski definition) is 0. The Balaban J connectivity index is 2.70. The molecule has 0 unspecified atom stereocenters. The molecule has 0 bridgehead atoms. The highest BCUT2D eigenvalue weighted by molar-refractivity contribution is 9.10. The van der Waals surface area contributed by atoms with Crippen molar-refractivity contribution in [1.82, 2.24) is 0 Å². The Morgan fingerprint density at radius 2 is 2.18 bits per heavy atom. The molecule has 1 aromatic rings. The molecule has 0 nitrogen and oxygen atoms in total. The second-order valence-electron chi connectivity index (χ2n) is 2.54. The Labute approximate surface area is 72.9 Å². The van der Waals surface area contributed by atoms with Crippen LogP contribution in [0.25, 0.3) is 6.08 Å². The molecular weight excluding hydrogens is 207 g/mol. The van der Waals surface area contributed by atoms with Crippen LogP contribution in [0, 0.1) is 5.82 Å². The highest BCUT2D eigenvalue weighted by Crippen LogP contribution is 2.29. The smallest absolute Gasteiger partial charge is 0.138 e. The zero-order chi connectivity index (χ0) is 7.84. The molecule has 0 aliphatic heterocycles. The Bertz CT molecular complexity index is 329. The van der Waals surface area contributed by atoms with Gasteiger partial charge < -0.3 is 0 Å². The van der Waals surface area contributed by atoms with Gasteiger partial charge in [0.1, 0.15) is 5.82 Å². The van der Waals surface area contributed by atoms with E-state index in [1.807, 2.05) is 18.2 Å². The van der Waals surface area contributed by atoms with Crippen molar-refractivity contribution < 1.29 is 4.39 Å². The molecule has 1 aliphatic carbocycles. The lowest BCUT2D eigenvalue weighted by molar-refractivity contribution is 0.620. The lowest BCUT2D eigenvalue weighted by Gasteiger charge is -2.01. The van der Waals surface area contributed by atoms with Crippen LogP contribution in [-0.4, -0.2) is 0 Å². The highest BCUT2D eigenvalue weighted by Gasteiger charge is 2.11. The van der Waals surface area contributed by atoms with Crippen LogP contribution in [-0.2, 0) is 6.42 Å². The average molecular weight is 213 g/mol. The van der Waals surface area contributed by atoms with Crippen LogP contribution in [0.1, 0.15) is 11.1 Å². The van der Waals surface area contributed by atoms with Crippen LogP contribution in [0.15, 0.2) is 22.7 Å². The van der Waals surface area contributed by atoms with E-state index in [9.17, 15) is 4.39 Å².